The zero-order valence-corrected chi connectivity index (χ0v) is 19.1. The number of rotatable bonds is 10. The fraction of sp³-hybridized carbons (Fsp3) is 0.333. The fourth-order valence-electron chi connectivity index (χ4n) is 3.11. The summed E-state index contributed by atoms with van der Waals surface area (Å²) in [5, 5.41) is 0. The number of Topliss-reactive ketones (excluding diaryl/α,β-unsaturated/α-hetero) is 1. The van der Waals surface area contributed by atoms with Crippen LogP contribution in [-0.2, 0) is 27.7 Å². The number of aryl methyl sites for hydroxylation is 1. The van der Waals surface area contributed by atoms with Gasteiger partial charge in [0.25, 0.3) is 0 Å². The third-order valence-corrected chi connectivity index (χ3v) is 6.61. The molecule has 3 rings (SSSR count). The summed E-state index contributed by atoms with van der Waals surface area (Å²) in [5.74, 6) is -0.0801. The maximum Gasteiger partial charge on any atom is 0.340 e. The zero-order chi connectivity index (χ0) is 22.6. The van der Waals surface area contributed by atoms with Crippen molar-refractivity contribution in [2.24, 2.45) is 0 Å². The number of hydrogen-bond acceptors (Lipinski definition) is 7. The lowest BCUT2D eigenvalue weighted by molar-refractivity contribution is 0.0475. The van der Waals surface area contributed by atoms with Crippen molar-refractivity contribution >= 4 is 33.1 Å². The number of nitrogens with one attached hydrogen (secondary N) is 1. The maximum atomic E-state index is 12.5. The van der Waals surface area contributed by atoms with Gasteiger partial charge in [-0.25, -0.2) is 17.9 Å². The molecule has 0 radical (unpaired) electrons. The van der Waals surface area contributed by atoms with E-state index < -0.39 is 16.0 Å². The van der Waals surface area contributed by atoms with Crippen molar-refractivity contribution in [2.45, 2.75) is 26.8 Å². The Balaban J connectivity index is 1.57. The Bertz CT molecular complexity index is 1170. The van der Waals surface area contributed by atoms with Gasteiger partial charge >= 0.3 is 5.97 Å². The molecule has 3 aromatic heterocycles. The van der Waals surface area contributed by atoms with Gasteiger partial charge in [0.2, 0.25) is 15.8 Å². The van der Waals surface area contributed by atoms with Crippen LogP contribution in [0, 0.1) is 13.8 Å². The summed E-state index contributed by atoms with van der Waals surface area (Å²) < 4.78 is 37.2. The van der Waals surface area contributed by atoms with E-state index in [9.17, 15) is 18.0 Å². The van der Waals surface area contributed by atoms with Crippen LogP contribution in [0.3, 0.4) is 0 Å². The third kappa shape index (κ3) is 6.16. The summed E-state index contributed by atoms with van der Waals surface area (Å²) in [5.41, 5.74) is 2.04. The predicted octanol–water partition coefficient (Wildman–Crippen LogP) is 2.94. The second-order valence-corrected chi connectivity index (χ2v) is 10.1. The molecular weight excluding hydrogens is 440 g/mol. The number of thiophene rings is 1. The minimum atomic E-state index is -3.24. The van der Waals surface area contributed by atoms with Crippen LogP contribution in [-0.4, -0.2) is 44.1 Å². The first-order valence-electron chi connectivity index (χ1n) is 9.57. The van der Waals surface area contributed by atoms with Gasteiger partial charge in [0.05, 0.1) is 29.5 Å². The summed E-state index contributed by atoms with van der Waals surface area (Å²) >= 11 is 1.26. The van der Waals surface area contributed by atoms with Crippen LogP contribution < -0.4 is 4.72 Å². The second kappa shape index (κ2) is 9.63. The van der Waals surface area contributed by atoms with E-state index in [2.05, 4.69) is 4.72 Å². The molecule has 0 bridgehead atoms. The van der Waals surface area contributed by atoms with Gasteiger partial charge in [-0.1, -0.05) is 0 Å². The van der Waals surface area contributed by atoms with E-state index in [0.717, 1.165) is 28.3 Å². The van der Waals surface area contributed by atoms with Gasteiger partial charge in [0.1, 0.15) is 5.76 Å². The number of esters is 1. The number of sulfonamides is 1. The van der Waals surface area contributed by atoms with Gasteiger partial charge in [0.15, 0.2) is 6.61 Å². The van der Waals surface area contributed by atoms with Crippen LogP contribution in [0.2, 0.25) is 0 Å². The van der Waals surface area contributed by atoms with Gasteiger partial charge in [-0.05, 0) is 50.6 Å². The van der Waals surface area contributed by atoms with Crippen LogP contribution >= 0.6 is 11.3 Å². The number of furan rings is 1. The molecule has 3 aromatic rings. The van der Waals surface area contributed by atoms with Crippen LogP contribution in [0.25, 0.3) is 0 Å². The van der Waals surface area contributed by atoms with Crippen LogP contribution in [0.5, 0.6) is 0 Å². The molecule has 0 saturated heterocycles. The molecule has 0 aromatic carbocycles. The van der Waals surface area contributed by atoms with Crippen molar-refractivity contribution in [3.8, 4) is 0 Å². The lowest BCUT2D eigenvalue weighted by atomic mass is 10.2. The Morgan fingerprint density at radius 2 is 2.00 bits per heavy atom. The van der Waals surface area contributed by atoms with Gasteiger partial charge < -0.3 is 13.7 Å². The second-order valence-electron chi connectivity index (χ2n) is 7.13. The molecule has 10 heteroatoms. The van der Waals surface area contributed by atoms with E-state index in [1.807, 2.05) is 30.5 Å². The lowest BCUT2D eigenvalue weighted by Gasteiger charge is -2.08. The van der Waals surface area contributed by atoms with Crippen molar-refractivity contribution in [3.05, 3.63) is 69.1 Å². The molecule has 0 aliphatic heterocycles. The first-order chi connectivity index (χ1) is 14.6. The predicted molar refractivity (Wildman–Crippen MR) is 117 cm³/mol. The Labute approximate surface area is 184 Å². The van der Waals surface area contributed by atoms with Crippen LogP contribution in [0.15, 0.2) is 41.0 Å². The molecule has 166 valence electrons. The standard InChI is InChI=1S/C21H24N2O6S2/c1-14-11-18(15(2)23(14)12-16-5-4-10-28-16)21(25)29-13-19(24)20-7-6-17(30-20)8-9-22-31(3,26)27/h4-7,10-11,22H,8-9,12-13H2,1-3H3. The number of aromatic nitrogens is 1. The number of hydrogen-bond donors (Lipinski definition) is 1. The minimum Gasteiger partial charge on any atom is -0.467 e. The van der Waals surface area contributed by atoms with E-state index in [1.165, 1.54) is 11.3 Å². The Morgan fingerprint density at radius 3 is 2.68 bits per heavy atom. The molecule has 31 heavy (non-hydrogen) atoms. The van der Waals surface area contributed by atoms with Gasteiger partial charge in [-0.15, -0.1) is 11.3 Å². The highest BCUT2D eigenvalue weighted by Crippen LogP contribution is 2.20. The lowest BCUT2D eigenvalue weighted by Crippen LogP contribution is -2.24. The largest absolute Gasteiger partial charge is 0.467 e. The number of nitrogens with zero attached hydrogens (tertiary/aromatic N) is 1. The normalized spacial score (nSPS) is 11.6. The maximum absolute atomic E-state index is 12.5. The average molecular weight is 465 g/mol. The molecule has 3 heterocycles. The summed E-state index contributed by atoms with van der Waals surface area (Å²) in [6, 6.07) is 8.84. The monoisotopic (exact) mass is 464 g/mol. The Morgan fingerprint density at radius 1 is 1.23 bits per heavy atom. The highest BCUT2D eigenvalue weighted by atomic mass is 32.2. The smallest absolute Gasteiger partial charge is 0.340 e. The van der Waals surface area contributed by atoms with E-state index in [0.29, 0.717) is 23.4 Å². The molecule has 0 saturated carbocycles. The number of ketones is 1. The van der Waals surface area contributed by atoms with Crippen LogP contribution in [0.4, 0.5) is 0 Å². The number of carbonyl (C=O) groups excluding carboxylic acids is 2. The topological polar surface area (TPSA) is 108 Å². The van der Waals surface area contributed by atoms with Gasteiger partial charge in [-0.2, -0.15) is 0 Å². The van der Waals surface area contributed by atoms with Crippen LogP contribution in [0.1, 0.15) is 42.1 Å². The molecule has 0 fully saturated rings. The van der Waals surface area contributed by atoms with Crippen molar-refractivity contribution in [3.63, 3.8) is 0 Å². The van der Waals surface area contributed by atoms with Crippen molar-refractivity contribution in [1.82, 2.24) is 9.29 Å². The first-order valence-corrected chi connectivity index (χ1v) is 12.3. The SMILES string of the molecule is Cc1cc(C(=O)OCC(=O)c2ccc(CCNS(C)(=O)=O)s2)c(C)n1Cc1ccco1. The number of carbonyl (C=O) groups is 2. The van der Waals surface area contributed by atoms with E-state index in [-0.39, 0.29) is 18.9 Å². The summed E-state index contributed by atoms with van der Waals surface area (Å²) in [7, 11) is -3.24. The minimum absolute atomic E-state index is 0.260. The fourth-order valence-corrected chi connectivity index (χ4v) is 4.52. The van der Waals surface area contributed by atoms with Crippen molar-refractivity contribution < 1.29 is 27.2 Å². The van der Waals surface area contributed by atoms with Crippen molar-refractivity contribution in [2.75, 3.05) is 19.4 Å². The molecule has 0 aliphatic carbocycles. The molecule has 0 amide bonds. The molecule has 1 N–H and O–H groups in total. The highest BCUT2D eigenvalue weighted by Gasteiger charge is 2.19. The molecule has 0 unspecified atom stereocenters. The first kappa shape index (κ1) is 23.0. The quantitative estimate of drug-likeness (QED) is 0.365. The van der Waals surface area contributed by atoms with E-state index in [4.69, 9.17) is 9.15 Å². The van der Waals surface area contributed by atoms with E-state index in [1.54, 1.807) is 24.5 Å². The molecule has 8 nitrogen and oxygen atoms in total. The molecular formula is C21H24N2O6S2. The Hall–Kier alpha value is -2.69. The molecule has 0 spiro atoms. The summed E-state index contributed by atoms with van der Waals surface area (Å²) in [6.07, 6.45) is 3.17. The number of ether oxygens (including phenoxy) is 1. The molecule has 0 aliphatic rings. The summed E-state index contributed by atoms with van der Waals surface area (Å²) in [4.78, 5) is 26.3. The van der Waals surface area contributed by atoms with Gasteiger partial charge in [-0.3, -0.25) is 4.79 Å². The zero-order valence-electron chi connectivity index (χ0n) is 17.5. The highest BCUT2D eigenvalue weighted by molar-refractivity contribution is 7.88. The van der Waals surface area contributed by atoms with Gasteiger partial charge in [0, 0.05) is 22.8 Å². The Kier molecular flexibility index (Phi) is 7.14. The van der Waals surface area contributed by atoms with E-state index >= 15 is 0 Å². The van der Waals surface area contributed by atoms with Crippen molar-refractivity contribution in [1.29, 1.82) is 0 Å². The summed E-state index contributed by atoms with van der Waals surface area (Å²) in [6.45, 7) is 4.12. The average Bonchev–Trinajstić information content (AvgIpc) is 3.43. The third-order valence-electron chi connectivity index (χ3n) is 4.69. The molecule has 0 atom stereocenters.